The SMILES string of the molecule is c1ccc2cc3c(cc2c1)c1ccccc1n3-c1ccc2c(oc3ccccc32)c1-c1nc(-c2cccc3ccccc23)nc(-n2c3ccccc3c3ccccc32)n1. The molecule has 0 atom stereocenters. The maximum Gasteiger partial charge on any atom is 0.238 e. The quantitative estimate of drug-likeness (QED) is 0.180. The monoisotopic (exact) mass is 753 g/mol. The van der Waals surface area contributed by atoms with E-state index in [1.165, 1.54) is 21.5 Å². The minimum atomic E-state index is 0.520. The standard InChI is InChI=1S/C53H31N5O/c1-2-16-34-31-47-42(30-33(34)15-1)38-21-7-9-24-43(38)57(47)46-29-28-40-39-22-8-12-27-48(39)59-50(40)49(46)52-54-51(41-23-13-17-32-14-3-4-18-35(32)41)55-53(56-52)58-44-25-10-5-19-36(44)37-20-6-11-26-45(37)58/h1-31H. The van der Waals surface area contributed by atoms with Crippen molar-refractivity contribution in [2.24, 2.45) is 0 Å². The van der Waals surface area contributed by atoms with Gasteiger partial charge in [0, 0.05) is 37.9 Å². The van der Waals surface area contributed by atoms with Crippen molar-refractivity contribution < 1.29 is 4.42 Å². The van der Waals surface area contributed by atoms with Gasteiger partial charge in [0.15, 0.2) is 11.6 Å². The van der Waals surface area contributed by atoms with E-state index in [0.717, 1.165) is 82.4 Å². The van der Waals surface area contributed by atoms with Crippen LogP contribution in [0, 0.1) is 0 Å². The summed E-state index contributed by atoms with van der Waals surface area (Å²) in [6.07, 6.45) is 0. The van der Waals surface area contributed by atoms with Crippen molar-refractivity contribution in [1.82, 2.24) is 24.1 Å². The highest BCUT2D eigenvalue weighted by molar-refractivity contribution is 6.16. The molecule has 0 N–H and O–H groups in total. The van der Waals surface area contributed by atoms with Crippen LogP contribution in [-0.4, -0.2) is 24.1 Å². The van der Waals surface area contributed by atoms with Gasteiger partial charge in [-0.05, 0) is 70.1 Å². The van der Waals surface area contributed by atoms with Gasteiger partial charge in [-0.15, -0.1) is 0 Å². The molecule has 0 saturated carbocycles. The molecule has 4 heterocycles. The van der Waals surface area contributed by atoms with Crippen molar-refractivity contribution >= 4 is 87.1 Å². The van der Waals surface area contributed by atoms with E-state index in [4.69, 9.17) is 19.4 Å². The zero-order valence-electron chi connectivity index (χ0n) is 31.5. The van der Waals surface area contributed by atoms with Crippen LogP contribution in [0.1, 0.15) is 0 Å². The summed E-state index contributed by atoms with van der Waals surface area (Å²) in [5.41, 5.74) is 8.38. The summed E-state index contributed by atoms with van der Waals surface area (Å²) >= 11 is 0. The van der Waals surface area contributed by atoms with Gasteiger partial charge in [-0.1, -0.05) is 140 Å². The number of para-hydroxylation sites is 4. The van der Waals surface area contributed by atoms with Crippen molar-refractivity contribution in [2.45, 2.75) is 0 Å². The third kappa shape index (κ3) is 4.65. The first-order chi connectivity index (χ1) is 29.3. The van der Waals surface area contributed by atoms with E-state index in [-0.39, 0.29) is 0 Å². The molecule has 6 nitrogen and oxygen atoms in total. The highest BCUT2D eigenvalue weighted by Crippen LogP contribution is 2.43. The van der Waals surface area contributed by atoms with Gasteiger partial charge in [0.2, 0.25) is 5.95 Å². The summed E-state index contributed by atoms with van der Waals surface area (Å²) < 4.78 is 11.5. The minimum Gasteiger partial charge on any atom is -0.455 e. The fourth-order valence-corrected chi connectivity index (χ4v) is 9.35. The lowest BCUT2D eigenvalue weighted by Gasteiger charge is -2.16. The van der Waals surface area contributed by atoms with Crippen LogP contribution in [0.2, 0.25) is 0 Å². The maximum absolute atomic E-state index is 6.94. The second-order valence-electron chi connectivity index (χ2n) is 15.2. The molecule has 0 fully saturated rings. The Morgan fingerprint density at radius 1 is 0.356 bits per heavy atom. The number of nitrogens with zero attached hydrogens (tertiary/aromatic N) is 5. The Kier molecular flexibility index (Phi) is 6.63. The second-order valence-corrected chi connectivity index (χ2v) is 15.2. The number of hydrogen-bond donors (Lipinski definition) is 0. The first-order valence-corrected chi connectivity index (χ1v) is 19.9. The Bertz CT molecular complexity index is 3810. The first-order valence-electron chi connectivity index (χ1n) is 19.9. The molecule has 0 saturated heterocycles. The number of aromatic nitrogens is 5. The second kappa shape index (κ2) is 12.2. The Labute approximate surface area is 336 Å². The fraction of sp³-hybridized carbons (Fsp3) is 0. The number of rotatable bonds is 4. The molecule has 0 aliphatic heterocycles. The summed E-state index contributed by atoms with van der Waals surface area (Å²) in [6, 6.07) is 66.1. The molecule has 13 aromatic rings. The highest BCUT2D eigenvalue weighted by Gasteiger charge is 2.26. The average Bonchev–Trinajstić information content (AvgIpc) is 3.95. The molecule has 0 aliphatic carbocycles. The molecule has 59 heavy (non-hydrogen) atoms. The lowest BCUT2D eigenvalue weighted by Crippen LogP contribution is -2.08. The molecule has 0 spiro atoms. The van der Waals surface area contributed by atoms with Crippen LogP contribution in [0.5, 0.6) is 0 Å². The van der Waals surface area contributed by atoms with E-state index >= 15 is 0 Å². The third-order valence-electron chi connectivity index (χ3n) is 12.0. The lowest BCUT2D eigenvalue weighted by atomic mass is 10.0. The van der Waals surface area contributed by atoms with E-state index in [2.05, 4.69) is 185 Å². The Morgan fingerprint density at radius 3 is 1.66 bits per heavy atom. The molecular formula is C53H31N5O. The zero-order valence-corrected chi connectivity index (χ0v) is 31.5. The number of furan rings is 1. The Hall–Kier alpha value is -8.09. The molecule has 0 unspecified atom stereocenters. The Balaban J connectivity index is 1.21. The smallest absolute Gasteiger partial charge is 0.238 e. The van der Waals surface area contributed by atoms with E-state index in [9.17, 15) is 0 Å². The van der Waals surface area contributed by atoms with Crippen LogP contribution in [-0.2, 0) is 0 Å². The zero-order chi connectivity index (χ0) is 38.6. The minimum absolute atomic E-state index is 0.520. The topological polar surface area (TPSA) is 61.7 Å². The van der Waals surface area contributed by atoms with Crippen molar-refractivity contribution in [3.8, 4) is 34.4 Å². The van der Waals surface area contributed by atoms with Crippen LogP contribution in [0.3, 0.4) is 0 Å². The molecule has 9 aromatic carbocycles. The van der Waals surface area contributed by atoms with Gasteiger partial charge < -0.3 is 8.98 Å². The van der Waals surface area contributed by atoms with Crippen LogP contribution in [0.25, 0.3) is 122 Å². The predicted octanol–water partition coefficient (Wildman–Crippen LogP) is 13.6. The van der Waals surface area contributed by atoms with E-state index in [1.54, 1.807) is 0 Å². The molecule has 13 rings (SSSR count). The molecule has 0 bridgehead atoms. The van der Waals surface area contributed by atoms with Gasteiger partial charge >= 0.3 is 0 Å². The number of hydrogen-bond acceptors (Lipinski definition) is 4. The summed E-state index contributed by atoms with van der Waals surface area (Å²) in [4.78, 5) is 16.4. The number of fused-ring (bicyclic) bond motifs is 11. The summed E-state index contributed by atoms with van der Waals surface area (Å²) in [7, 11) is 0. The largest absolute Gasteiger partial charge is 0.455 e. The first kappa shape index (κ1) is 32.0. The molecule has 6 heteroatoms. The molecule has 0 aliphatic rings. The van der Waals surface area contributed by atoms with Crippen molar-refractivity contribution in [1.29, 1.82) is 0 Å². The van der Waals surface area contributed by atoms with Gasteiger partial charge in [-0.2, -0.15) is 9.97 Å². The molecule has 0 radical (unpaired) electrons. The fourth-order valence-electron chi connectivity index (χ4n) is 9.35. The predicted molar refractivity (Wildman–Crippen MR) is 242 cm³/mol. The lowest BCUT2D eigenvalue weighted by molar-refractivity contribution is 0.669. The van der Waals surface area contributed by atoms with Gasteiger partial charge in [0.1, 0.15) is 11.2 Å². The Morgan fingerprint density at radius 2 is 0.915 bits per heavy atom. The van der Waals surface area contributed by atoms with Crippen LogP contribution in [0.15, 0.2) is 192 Å². The summed E-state index contributed by atoms with van der Waals surface area (Å²) in [5, 5.41) is 11.2. The van der Waals surface area contributed by atoms with E-state index in [0.29, 0.717) is 17.6 Å². The van der Waals surface area contributed by atoms with E-state index in [1.807, 2.05) is 12.1 Å². The highest BCUT2D eigenvalue weighted by atomic mass is 16.3. The summed E-state index contributed by atoms with van der Waals surface area (Å²) in [5.74, 6) is 1.63. The van der Waals surface area contributed by atoms with Gasteiger partial charge in [0.05, 0.1) is 33.3 Å². The van der Waals surface area contributed by atoms with Gasteiger partial charge in [0.25, 0.3) is 0 Å². The van der Waals surface area contributed by atoms with Crippen LogP contribution >= 0.6 is 0 Å². The molecule has 4 aromatic heterocycles. The van der Waals surface area contributed by atoms with Crippen LogP contribution in [0.4, 0.5) is 0 Å². The molecule has 0 amide bonds. The molecular weight excluding hydrogens is 723 g/mol. The number of benzene rings is 9. The van der Waals surface area contributed by atoms with Crippen molar-refractivity contribution in [2.75, 3.05) is 0 Å². The summed E-state index contributed by atoms with van der Waals surface area (Å²) in [6.45, 7) is 0. The normalized spacial score (nSPS) is 12.1. The van der Waals surface area contributed by atoms with Crippen molar-refractivity contribution in [3.63, 3.8) is 0 Å². The molecule has 274 valence electrons. The van der Waals surface area contributed by atoms with Gasteiger partial charge in [-0.3, -0.25) is 4.57 Å². The third-order valence-corrected chi connectivity index (χ3v) is 12.0. The van der Waals surface area contributed by atoms with Crippen LogP contribution < -0.4 is 0 Å². The average molecular weight is 754 g/mol. The van der Waals surface area contributed by atoms with Crippen molar-refractivity contribution in [3.05, 3.63) is 188 Å². The van der Waals surface area contributed by atoms with Gasteiger partial charge in [-0.25, -0.2) is 4.98 Å². The maximum atomic E-state index is 6.94. The van der Waals surface area contributed by atoms with E-state index < -0.39 is 0 Å².